The van der Waals surface area contributed by atoms with E-state index in [1.807, 2.05) is 0 Å². The van der Waals surface area contributed by atoms with Gasteiger partial charge < -0.3 is 4.90 Å². The molecule has 1 aliphatic heterocycles. The Kier molecular flexibility index (Phi) is 3.32. The van der Waals surface area contributed by atoms with Gasteiger partial charge in [-0.1, -0.05) is 6.07 Å². The Hall–Kier alpha value is -3.09. The molecule has 2 heterocycles. The van der Waals surface area contributed by atoms with Crippen molar-refractivity contribution < 1.29 is 18.0 Å². The van der Waals surface area contributed by atoms with Gasteiger partial charge in [0.25, 0.3) is 5.91 Å². The molecule has 7 heteroatoms. The monoisotopic (exact) mass is 395 g/mol. The minimum atomic E-state index is -0.706. The minimum absolute atomic E-state index is 0.154. The third-order valence-corrected chi connectivity index (χ3v) is 6.28. The number of hydrogen-bond acceptors (Lipinski definition) is 2. The molecule has 1 aromatic heterocycles. The van der Waals surface area contributed by atoms with Gasteiger partial charge in [-0.25, -0.2) is 17.9 Å². The fourth-order valence-corrected chi connectivity index (χ4v) is 4.78. The van der Waals surface area contributed by atoms with E-state index in [4.69, 9.17) is 0 Å². The molecule has 4 nitrogen and oxygen atoms in total. The molecule has 0 unspecified atom stereocenters. The fraction of sp³-hybridized carbons (Fsp3) is 0.273. The van der Waals surface area contributed by atoms with E-state index in [2.05, 4.69) is 5.10 Å². The van der Waals surface area contributed by atoms with Crippen LogP contribution in [0.15, 0.2) is 36.4 Å². The van der Waals surface area contributed by atoms with Crippen LogP contribution in [0, 0.1) is 23.4 Å². The number of aromatic nitrogens is 2. The first-order valence-electron chi connectivity index (χ1n) is 9.63. The topological polar surface area (TPSA) is 38.1 Å². The number of carbonyl (C=O) groups is 1. The predicted molar refractivity (Wildman–Crippen MR) is 98.0 cm³/mol. The van der Waals surface area contributed by atoms with Crippen LogP contribution in [0.3, 0.4) is 0 Å². The van der Waals surface area contributed by atoms with Crippen LogP contribution in [0.2, 0.25) is 0 Å². The van der Waals surface area contributed by atoms with Crippen molar-refractivity contribution in [3.63, 3.8) is 0 Å². The second-order valence-electron chi connectivity index (χ2n) is 8.10. The quantitative estimate of drug-likeness (QED) is 0.655. The van der Waals surface area contributed by atoms with E-state index in [1.165, 1.54) is 28.9 Å². The molecule has 6 rings (SSSR count). The number of nitrogens with zero attached hydrogens (tertiary/aromatic N) is 3. The zero-order chi connectivity index (χ0) is 19.9. The highest BCUT2D eigenvalue weighted by Crippen LogP contribution is 2.57. The largest absolute Gasteiger partial charge is 0.329 e. The molecule has 29 heavy (non-hydrogen) atoms. The second kappa shape index (κ2) is 5.72. The lowest BCUT2D eigenvalue weighted by Crippen LogP contribution is -2.26. The molecule has 0 spiro atoms. The Labute approximate surface area is 164 Å². The highest BCUT2D eigenvalue weighted by atomic mass is 19.1. The summed E-state index contributed by atoms with van der Waals surface area (Å²) in [6.45, 7) is 0.721. The van der Waals surface area contributed by atoms with Crippen LogP contribution < -0.4 is 0 Å². The summed E-state index contributed by atoms with van der Waals surface area (Å²) in [5, 5.41) is 4.48. The van der Waals surface area contributed by atoms with Gasteiger partial charge in [0.2, 0.25) is 0 Å². The van der Waals surface area contributed by atoms with E-state index in [0.717, 1.165) is 41.3 Å². The van der Waals surface area contributed by atoms with Crippen molar-refractivity contribution in [1.29, 1.82) is 0 Å². The smallest absolute Gasteiger partial charge is 0.275 e. The Balaban J connectivity index is 1.40. The number of fused-ring (bicyclic) bond motifs is 4. The maximum atomic E-state index is 14.4. The van der Waals surface area contributed by atoms with Gasteiger partial charge in [0, 0.05) is 30.6 Å². The van der Waals surface area contributed by atoms with E-state index < -0.39 is 11.6 Å². The Morgan fingerprint density at radius 2 is 1.76 bits per heavy atom. The van der Waals surface area contributed by atoms with Crippen molar-refractivity contribution in [2.45, 2.75) is 31.8 Å². The molecule has 2 aromatic carbocycles. The summed E-state index contributed by atoms with van der Waals surface area (Å²) < 4.78 is 42.8. The van der Waals surface area contributed by atoms with Gasteiger partial charge in [0.05, 0.1) is 5.69 Å². The molecular weight excluding hydrogens is 379 g/mol. The molecule has 2 aliphatic carbocycles. The number of amides is 1. The average molecular weight is 395 g/mol. The summed E-state index contributed by atoms with van der Waals surface area (Å²) in [6, 6.07) is 7.92. The molecule has 2 atom stereocenters. The summed E-state index contributed by atoms with van der Waals surface area (Å²) in [7, 11) is 0. The normalized spacial score (nSPS) is 21.1. The zero-order valence-corrected chi connectivity index (χ0v) is 15.3. The number of benzene rings is 2. The van der Waals surface area contributed by atoms with Crippen LogP contribution in [0.1, 0.15) is 45.2 Å². The number of halogens is 3. The highest BCUT2D eigenvalue weighted by molar-refractivity contribution is 5.95. The third kappa shape index (κ3) is 2.46. The molecule has 3 aromatic rings. The molecule has 146 valence electrons. The Morgan fingerprint density at radius 1 is 1.00 bits per heavy atom. The average Bonchev–Trinajstić information content (AvgIpc) is 3.03. The molecule has 1 fully saturated rings. The van der Waals surface area contributed by atoms with Crippen molar-refractivity contribution >= 4 is 5.91 Å². The van der Waals surface area contributed by atoms with Gasteiger partial charge >= 0.3 is 0 Å². The lowest BCUT2D eigenvalue weighted by Gasteiger charge is -2.14. The molecular formula is C22H16F3N3O. The maximum Gasteiger partial charge on any atom is 0.275 e. The summed E-state index contributed by atoms with van der Waals surface area (Å²) >= 11 is 0. The second-order valence-corrected chi connectivity index (χ2v) is 8.10. The first kappa shape index (κ1) is 16.8. The summed E-state index contributed by atoms with van der Waals surface area (Å²) in [5.41, 5.74) is 3.92. The van der Waals surface area contributed by atoms with Crippen molar-refractivity contribution in [1.82, 2.24) is 14.7 Å². The first-order chi connectivity index (χ1) is 14.0. The van der Waals surface area contributed by atoms with Gasteiger partial charge in [-0.15, -0.1) is 0 Å². The number of hydrogen-bond donors (Lipinski definition) is 0. The van der Waals surface area contributed by atoms with Crippen LogP contribution in [0.4, 0.5) is 13.2 Å². The summed E-state index contributed by atoms with van der Waals surface area (Å²) in [4.78, 5) is 14.9. The van der Waals surface area contributed by atoms with Gasteiger partial charge in [-0.05, 0) is 54.2 Å². The zero-order valence-electron chi connectivity index (χ0n) is 15.3. The van der Waals surface area contributed by atoms with Crippen LogP contribution in [0.25, 0.3) is 5.69 Å². The van der Waals surface area contributed by atoms with Gasteiger partial charge in [0.15, 0.2) is 11.5 Å². The first-order valence-corrected chi connectivity index (χ1v) is 9.63. The standard InChI is InChI=1S/C22H16F3N3O/c23-14-2-1-11-9-27(10-13(11)5-14)22(29)20-17-7-12-6-16(12)21(17)28(26-20)19-4-3-15(24)8-18(19)25/h1-5,8,12,16H,6-7,9-10H2/t12-,16-/m1/s1. The Morgan fingerprint density at radius 3 is 2.59 bits per heavy atom. The molecule has 0 saturated heterocycles. The highest BCUT2D eigenvalue weighted by Gasteiger charge is 2.50. The minimum Gasteiger partial charge on any atom is -0.329 e. The lowest BCUT2D eigenvalue weighted by atomic mass is 10.1. The molecule has 1 saturated carbocycles. The molecule has 3 aliphatic rings. The lowest BCUT2D eigenvalue weighted by molar-refractivity contribution is 0.0743. The van der Waals surface area contributed by atoms with E-state index in [1.54, 1.807) is 11.0 Å². The van der Waals surface area contributed by atoms with Crippen molar-refractivity contribution in [3.8, 4) is 5.69 Å². The van der Waals surface area contributed by atoms with Crippen LogP contribution in [0.5, 0.6) is 0 Å². The van der Waals surface area contributed by atoms with Crippen LogP contribution >= 0.6 is 0 Å². The number of carbonyl (C=O) groups excluding carboxylic acids is 1. The van der Waals surface area contributed by atoms with Crippen molar-refractivity contribution in [2.75, 3.05) is 0 Å². The molecule has 1 amide bonds. The van der Waals surface area contributed by atoms with Gasteiger partial charge in [-0.2, -0.15) is 5.10 Å². The number of rotatable bonds is 2. The van der Waals surface area contributed by atoms with Crippen molar-refractivity contribution in [2.24, 2.45) is 5.92 Å². The summed E-state index contributed by atoms with van der Waals surface area (Å²) in [6.07, 6.45) is 1.75. The van der Waals surface area contributed by atoms with Gasteiger partial charge in [0.1, 0.15) is 17.3 Å². The maximum absolute atomic E-state index is 14.4. The predicted octanol–water partition coefficient (Wildman–Crippen LogP) is 4.11. The molecule has 0 radical (unpaired) electrons. The van der Waals surface area contributed by atoms with Crippen LogP contribution in [-0.2, 0) is 19.5 Å². The third-order valence-electron chi connectivity index (χ3n) is 6.28. The SMILES string of the molecule is O=C(c1nn(-c2ccc(F)cc2F)c2c1C[C@H]1C[C@@H]21)N1Cc2ccc(F)cc2C1. The molecule has 0 N–H and O–H groups in total. The Bertz CT molecular complexity index is 1200. The summed E-state index contributed by atoms with van der Waals surface area (Å²) in [5.74, 6) is -1.18. The van der Waals surface area contributed by atoms with Crippen LogP contribution in [-0.4, -0.2) is 20.6 Å². The van der Waals surface area contributed by atoms with Gasteiger partial charge in [-0.3, -0.25) is 4.79 Å². The van der Waals surface area contributed by atoms with Crippen molar-refractivity contribution in [3.05, 3.63) is 81.9 Å². The van der Waals surface area contributed by atoms with E-state index in [0.29, 0.717) is 24.7 Å². The van der Waals surface area contributed by atoms with E-state index in [-0.39, 0.29) is 23.3 Å². The fourth-order valence-electron chi connectivity index (χ4n) is 4.78. The van der Waals surface area contributed by atoms with E-state index >= 15 is 0 Å². The van der Waals surface area contributed by atoms with E-state index in [9.17, 15) is 18.0 Å². The molecule has 0 bridgehead atoms.